The van der Waals surface area contributed by atoms with Gasteiger partial charge in [0.2, 0.25) is 5.95 Å². The van der Waals surface area contributed by atoms with Crippen molar-refractivity contribution in [3.63, 3.8) is 0 Å². The molecule has 0 saturated heterocycles. The lowest BCUT2D eigenvalue weighted by atomic mass is 9.98. The zero-order valence-electron chi connectivity index (χ0n) is 16.0. The SMILES string of the molecule is O=C(NCCC#Cc1cc(Cl)cnc1F)OCC1c2ccccc2-c2ccccc21. The summed E-state index contributed by atoms with van der Waals surface area (Å²) in [5, 5.41) is 2.98. The number of hydrogen-bond donors (Lipinski definition) is 1. The van der Waals surface area contributed by atoms with E-state index >= 15 is 0 Å². The lowest BCUT2D eigenvalue weighted by Gasteiger charge is -2.14. The van der Waals surface area contributed by atoms with Crippen LogP contribution in [0.1, 0.15) is 29.0 Å². The molecule has 4 rings (SSSR count). The quantitative estimate of drug-likeness (QED) is 0.360. The number of carbonyl (C=O) groups excluding carboxylic acids is 1. The second-order valence-corrected chi connectivity index (χ2v) is 7.23. The summed E-state index contributed by atoms with van der Waals surface area (Å²) < 4.78 is 19.0. The summed E-state index contributed by atoms with van der Waals surface area (Å²) in [6, 6.07) is 17.7. The standard InChI is InChI=1S/C24H18ClFN2O2/c25-17-13-16(23(26)28-14-17)7-5-6-12-27-24(29)30-15-22-20-10-3-1-8-18(20)19-9-2-4-11-21(19)22/h1-4,8-11,13-14,22H,6,12,15H2,(H,27,29). The summed E-state index contributed by atoms with van der Waals surface area (Å²) in [5.74, 6) is 4.80. The predicted molar refractivity (Wildman–Crippen MR) is 114 cm³/mol. The fourth-order valence-electron chi connectivity index (χ4n) is 3.54. The van der Waals surface area contributed by atoms with Crippen molar-refractivity contribution in [2.24, 2.45) is 0 Å². The molecule has 0 atom stereocenters. The van der Waals surface area contributed by atoms with Gasteiger partial charge in [0.1, 0.15) is 6.61 Å². The number of carbonyl (C=O) groups is 1. The summed E-state index contributed by atoms with van der Waals surface area (Å²) in [7, 11) is 0. The molecule has 0 saturated carbocycles. The summed E-state index contributed by atoms with van der Waals surface area (Å²) in [6.07, 6.45) is 1.06. The van der Waals surface area contributed by atoms with Gasteiger partial charge in [0, 0.05) is 25.1 Å². The van der Waals surface area contributed by atoms with Crippen LogP contribution in [0, 0.1) is 17.8 Å². The van der Waals surface area contributed by atoms with E-state index in [0.717, 1.165) is 11.1 Å². The molecular weight excluding hydrogens is 403 g/mol. The van der Waals surface area contributed by atoms with Gasteiger partial charge in [-0.25, -0.2) is 9.78 Å². The van der Waals surface area contributed by atoms with Crippen LogP contribution >= 0.6 is 11.6 Å². The van der Waals surface area contributed by atoms with Crippen molar-refractivity contribution in [2.75, 3.05) is 13.2 Å². The molecule has 0 fully saturated rings. The van der Waals surface area contributed by atoms with E-state index in [0.29, 0.717) is 18.0 Å². The number of amides is 1. The lowest BCUT2D eigenvalue weighted by Crippen LogP contribution is -2.26. The highest BCUT2D eigenvalue weighted by molar-refractivity contribution is 6.30. The fourth-order valence-corrected chi connectivity index (χ4v) is 3.70. The molecule has 1 N–H and O–H groups in total. The number of halogens is 2. The molecular formula is C24H18ClFN2O2. The maximum atomic E-state index is 13.5. The number of nitrogens with zero attached hydrogens (tertiary/aromatic N) is 1. The van der Waals surface area contributed by atoms with Crippen molar-refractivity contribution in [1.82, 2.24) is 10.3 Å². The Morgan fingerprint density at radius 1 is 1.13 bits per heavy atom. The lowest BCUT2D eigenvalue weighted by molar-refractivity contribution is 0.143. The van der Waals surface area contributed by atoms with Crippen LogP contribution in [0.2, 0.25) is 5.02 Å². The van der Waals surface area contributed by atoms with E-state index in [4.69, 9.17) is 16.3 Å². The van der Waals surface area contributed by atoms with Crippen LogP contribution < -0.4 is 5.32 Å². The maximum Gasteiger partial charge on any atom is 0.407 e. The number of hydrogen-bond acceptors (Lipinski definition) is 3. The number of nitrogens with one attached hydrogen (secondary N) is 1. The molecule has 1 aromatic heterocycles. The van der Waals surface area contributed by atoms with Crippen LogP contribution in [0.5, 0.6) is 0 Å². The maximum absolute atomic E-state index is 13.5. The van der Waals surface area contributed by atoms with Gasteiger partial charge in [-0.05, 0) is 28.3 Å². The number of fused-ring (bicyclic) bond motifs is 3. The van der Waals surface area contributed by atoms with Gasteiger partial charge in [-0.15, -0.1) is 0 Å². The Balaban J connectivity index is 1.30. The Hall–Kier alpha value is -3.36. The molecule has 1 aliphatic carbocycles. The molecule has 2 aromatic carbocycles. The molecule has 0 radical (unpaired) electrons. The Bertz CT molecular complexity index is 1110. The minimum absolute atomic E-state index is 0.0150. The minimum Gasteiger partial charge on any atom is -0.449 e. The fraction of sp³-hybridized carbons (Fsp3) is 0.167. The van der Waals surface area contributed by atoms with Gasteiger partial charge in [-0.3, -0.25) is 0 Å². The van der Waals surface area contributed by atoms with E-state index < -0.39 is 12.0 Å². The third kappa shape index (κ3) is 4.29. The first kappa shape index (κ1) is 19.9. The normalized spacial score (nSPS) is 11.8. The Morgan fingerprint density at radius 2 is 1.80 bits per heavy atom. The summed E-state index contributed by atoms with van der Waals surface area (Å²) in [5.41, 5.74) is 4.81. The first-order valence-corrected chi connectivity index (χ1v) is 9.90. The molecule has 3 aromatic rings. The van der Waals surface area contributed by atoms with Crippen LogP contribution in [0.4, 0.5) is 9.18 Å². The van der Waals surface area contributed by atoms with E-state index in [1.165, 1.54) is 23.4 Å². The van der Waals surface area contributed by atoms with Gasteiger partial charge in [0.25, 0.3) is 0 Å². The molecule has 150 valence electrons. The van der Waals surface area contributed by atoms with Gasteiger partial charge in [-0.1, -0.05) is 72.0 Å². The zero-order valence-corrected chi connectivity index (χ0v) is 16.7. The van der Waals surface area contributed by atoms with Crippen molar-refractivity contribution in [3.8, 4) is 23.0 Å². The van der Waals surface area contributed by atoms with Gasteiger partial charge in [-0.2, -0.15) is 4.39 Å². The third-order valence-electron chi connectivity index (χ3n) is 4.89. The summed E-state index contributed by atoms with van der Waals surface area (Å²) in [4.78, 5) is 15.6. The third-order valence-corrected chi connectivity index (χ3v) is 5.10. The number of pyridine rings is 1. The van der Waals surface area contributed by atoms with Crippen LogP contribution in [-0.4, -0.2) is 24.2 Å². The largest absolute Gasteiger partial charge is 0.449 e. The van der Waals surface area contributed by atoms with Crippen LogP contribution in [0.15, 0.2) is 60.8 Å². The second-order valence-electron chi connectivity index (χ2n) is 6.80. The molecule has 0 bridgehead atoms. The molecule has 0 spiro atoms. The van der Waals surface area contributed by atoms with Gasteiger partial charge >= 0.3 is 6.09 Å². The Kier molecular flexibility index (Phi) is 5.97. The highest BCUT2D eigenvalue weighted by Crippen LogP contribution is 2.44. The van der Waals surface area contributed by atoms with Gasteiger partial charge in [0.05, 0.1) is 10.6 Å². The molecule has 1 amide bonds. The van der Waals surface area contributed by atoms with Crippen molar-refractivity contribution >= 4 is 17.7 Å². The summed E-state index contributed by atoms with van der Waals surface area (Å²) in [6.45, 7) is 0.546. The van der Waals surface area contributed by atoms with E-state index in [9.17, 15) is 9.18 Å². The molecule has 1 heterocycles. The van der Waals surface area contributed by atoms with Crippen molar-refractivity contribution in [2.45, 2.75) is 12.3 Å². The second kappa shape index (κ2) is 8.98. The highest BCUT2D eigenvalue weighted by Gasteiger charge is 2.28. The van der Waals surface area contributed by atoms with Gasteiger partial charge < -0.3 is 10.1 Å². The molecule has 1 aliphatic rings. The van der Waals surface area contributed by atoms with Crippen LogP contribution in [-0.2, 0) is 4.74 Å². The Labute approximate surface area is 179 Å². The first-order valence-electron chi connectivity index (χ1n) is 9.52. The van der Waals surface area contributed by atoms with Crippen molar-refractivity contribution in [3.05, 3.63) is 88.5 Å². The van der Waals surface area contributed by atoms with Gasteiger partial charge in [0.15, 0.2) is 0 Å². The average Bonchev–Trinajstić information content (AvgIpc) is 3.08. The summed E-state index contributed by atoms with van der Waals surface area (Å²) >= 11 is 5.78. The van der Waals surface area contributed by atoms with E-state index in [1.54, 1.807) is 0 Å². The minimum atomic E-state index is -0.670. The smallest absolute Gasteiger partial charge is 0.407 e. The van der Waals surface area contributed by atoms with Crippen LogP contribution in [0.25, 0.3) is 11.1 Å². The zero-order chi connectivity index (χ0) is 20.9. The Morgan fingerprint density at radius 3 is 2.50 bits per heavy atom. The molecule has 0 unspecified atom stereocenters. The van der Waals surface area contributed by atoms with Crippen molar-refractivity contribution in [1.29, 1.82) is 0 Å². The molecule has 30 heavy (non-hydrogen) atoms. The number of alkyl carbamates (subject to hydrolysis) is 1. The number of aromatic nitrogens is 1. The topological polar surface area (TPSA) is 51.2 Å². The predicted octanol–water partition coefficient (Wildman–Crippen LogP) is 5.15. The van der Waals surface area contributed by atoms with Crippen molar-refractivity contribution < 1.29 is 13.9 Å². The average molecular weight is 421 g/mol. The number of benzene rings is 2. The first-order chi connectivity index (χ1) is 14.6. The molecule has 0 aliphatic heterocycles. The number of rotatable bonds is 4. The van der Waals surface area contributed by atoms with E-state index in [-0.39, 0.29) is 18.1 Å². The van der Waals surface area contributed by atoms with Crippen LogP contribution in [0.3, 0.4) is 0 Å². The monoisotopic (exact) mass is 420 g/mol. The molecule has 6 heteroatoms. The van der Waals surface area contributed by atoms with E-state index in [1.807, 2.05) is 24.3 Å². The van der Waals surface area contributed by atoms with E-state index in [2.05, 4.69) is 46.4 Å². The number of ether oxygens (including phenoxy) is 1. The molecule has 4 nitrogen and oxygen atoms in total. The highest BCUT2D eigenvalue weighted by atomic mass is 35.5.